The van der Waals surface area contributed by atoms with E-state index in [9.17, 15) is 0 Å². The SMILES string of the molecule is C/C(=C/NC(N)=S)c1ccccc1. The molecule has 3 N–H and O–H groups in total. The van der Waals surface area contributed by atoms with Gasteiger partial charge in [-0.15, -0.1) is 0 Å². The van der Waals surface area contributed by atoms with E-state index in [2.05, 4.69) is 17.5 Å². The van der Waals surface area contributed by atoms with Crippen LogP contribution in [0, 0.1) is 0 Å². The van der Waals surface area contributed by atoms with Crippen molar-refractivity contribution >= 4 is 22.9 Å². The van der Waals surface area contributed by atoms with E-state index in [1.165, 1.54) is 0 Å². The molecule has 0 fully saturated rings. The van der Waals surface area contributed by atoms with Crippen molar-refractivity contribution in [3.63, 3.8) is 0 Å². The lowest BCUT2D eigenvalue weighted by Gasteiger charge is -2.01. The van der Waals surface area contributed by atoms with E-state index < -0.39 is 0 Å². The standard InChI is InChI=1S/C10H12N2S/c1-8(7-12-10(11)13)9-5-3-2-4-6-9/h2-7H,1H3,(H3,11,12,13)/b8-7-. The predicted octanol–water partition coefficient (Wildman–Crippen LogP) is 1.88. The Morgan fingerprint density at radius 2 is 2.00 bits per heavy atom. The van der Waals surface area contributed by atoms with Gasteiger partial charge < -0.3 is 11.1 Å². The normalized spacial score (nSPS) is 11.0. The minimum Gasteiger partial charge on any atom is -0.376 e. The lowest BCUT2D eigenvalue weighted by atomic mass is 10.1. The number of nitrogens with one attached hydrogen (secondary N) is 1. The van der Waals surface area contributed by atoms with E-state index in [4.69, 9.17) is 5.73 Å². The minimum absolute atomic E-state index is 0.287. The van der Waals surface area contributed by atoms with Crippen LogP contribution in [-0.2, 0) is 0 Å². The van der Waals surface area contributed by atoms with Crippen LogP contribution in [0.1, 0.15) is 12.5 Å². The summed E-state index contributed by atoms with van der Waals surface area (Å²) in [5, 5.41) is 3.08. The fourth-order valence-corrected chi connectivity index (χ4v) is 1.02. The van der Waals surface area contributed by atoms with E-state index in [1.54, 1.807) is 6.20 Å². The minimum atomic E-state index is 0.287. The largest absolute Gasteiger partial charge is 0.376 e. The zero-order chi connectivity index (χ0) is 9.68. The summed E-state index contributed by atoms with van der Waals surface area (Å²) in [5.74, 6) is 0. The molecule has 3 heteroatoms. The molecule has 0 bridgehead atoms. The fourth-order valence-electron chi connectivity index (χ4n) is 0.964. The van der Waals surface area contributed by atoms with Crippen LogP contribution in [0.2, 0.25) is 0 Å². The van der Waals surface area contributed by atoms with Crippen LogP contribution in [0.3, 0.4) is 0 Å². The summed E-state index contributed by atoms with van der Waals surface area (Å²) in [4.78, 5) is 0. The summed E-state index contributed by atoms with van der Waals surface area (Å²) in [6.07, 6.45) is 1.80. The zero-order valence-electron chi connectivity index (χ0n) is 7.45. The summed E-state index contributed by atoms with van der Waals surface area (Å²) < 4.78 is 0. The second kappa shape index (κ2) is 4.62. The highest BCUT2D eigenvalue weighted by atomic mass is 32.1. The lowest BCUT2D eigenvalue weighted by molar-refractivity contribution is 1.27. The van der Waals surface area contributed by atoms with Crippen molar-refractivity contribution in [3.8, 4) is 0 Å². The van der Waals surface area contributed by atoms with E-state index in [0.29, 0.717) is 0 Å². The molecule has 68 valence electrons. The van der Waals surface area contributed by atoms with Gasteiger partial charge in [0, 0.05) is 6.20 Å². The lowest BCUT2D eigenvalue weighted by Crippen LogP contribution is -2.23. The molecule has 0 atom stereocenters. The molecule has 1 aromatic carbocycles. The van der Waals surface area contributed by atoms with Crippen LogP contribution in [0.25, 0.3) is 5.57 Å². The van der Waals surface area contributed by atoms with Gasteiger partial charge in [-0.3, -0.25) is 0 Å². The highest BCUT2D eigenvalue weighted by Crippen LogP contribution is 2.10. The van der Waals surface area contributed by atoms with Crippen molar-refractivity contribution in [1.29, 1.82) is 0 Å². The highest BCUT2D eigenvalue weighted by molar-refractivity contribution is 7.80. The number of hydrogen-bond donors (Lipinski definition) is 2. The summed E-state index contributed by atoms with van der Waals surface area (Å²) in [6.45, 7) is 2.00. The van der Waals surface area contributed by atoms with Gasteiger partial charge in [0.1, 0.15) is 0 Å². The Bertz CT molecular complexity index is 317. The topological polar surface area (TPSA) is 38.0 Å². The molecule has 0 saturated heterocycles. The van der Waals surface area contributed by atoms with E-state index in [1.807, 2.05) is 37.3 Å². The quantitative estimate of drug-likeness (QED) is 0.703. The third-order valence-corrected chi connectivity index (χ3v) is 1.78. The Hall–Kier alpha value is -1.35. The van der Waals surface area contributed by atoms with Crippen molar-refractivity contribution in [3.05, 3.63) is 42.1 Å². The van der Waals surface area contributed by atoms with Crippen LogP contribution < -0.4 is 11.1 Å². The molecule has 1 aromatic rings. The summed E-state index contributed by atoms with van der Waals surface area (Å²) in [6, 6.07) is 10.0. The van der Waals surface area contributed by atoms with Crippen LogP contribution >= 0.6 is 12.2 Å². The smallest absolute Gasteiger partial charge is 0.167 e. The second-order valence-electron chi connectivity index (χ2n) is 2.70. The molecular weight excluding hydrogens is 180 g/mol. The van der Waals surface area contributed by atoms with Gasteiger partial charge in [0.25, 0.3) is 0 Å². The summed E-state index contributed by atoms with van der Waals surface area (Å²) in [7, 11) is 0. The van der Waals surface area contributed by atoms with Crippen molar-refractivity contribution in [1.82, 2.24) is 5.32 Å². The predicted molar refractivity (Wildman–Crippen MR) is 60.0 cm³/mol. The van der Waals surface area contributed by atoms with E-state index in [0.717, 1.165) is 11.1 Å². The maximum atomic E-state index is 5.29. The summed E-state index contributed by atoms with van der Waals surface area (Å²) >= 11 is 4.69. The monoisotopic (exact) mass is 192 g/mol. The fraction of sp³-hybridized carbons (Fsp3) is 0.100. The van der Waals surface area contributed by atoms with Gasteiger partial charge in [0.15, 0.2) is 5.11 Å². The Balaban J connectivity index is 2.73. The number of rotatable bonds is 2. The van der Waals surface area contributed by atoms with E-state index in [-0.39, 0.29) is 5.11 Å². The first-order valence-electron chi connectivity index (χ1n) is 3.98. The van der Waals surface area contributed by atoms with Crippen molar-refractivity contribution < 1.29 is 0 Å². The van der Waals surface area contributed by atoms with E-state index >= 15 is 0 Å². The average molecular weight is 192 g/mol. The van der Waals surface area contributed by atoms with Gasteiger partial charge in [0.2, 0.25) is 0 Å². The third-order valence-electron chi connectivity index (χ3n) is 1.66. The van der Waals surface area contributed by atoms with Gasteiger partial charge in [-0.05, 0) is 30.3 Å². The molecule has 0 aliphatic rings. The van der Waals surface area contributed by atoms with Crippen molar-refractivity contribution in [2.75, 3.05) is 0 Å². The molecule has 1 rings (SSSR count). The van der Waals surface area contributed by atoms with Crippen molar-refractivity contribution in [2.24, 2.45) is 5.73 Å². The molecule has 0 heterocycles. The third kappa shape index (κ3) is 3.25. The maximum Gasteiger partial charge on any atom is 0.167 e. The molecule has 0 saturated carbocycles. The first-order valence-corrected chi connectivity index (χ1v) is 4.39. The van der Waals surface area contributed by atoms with Gasteiger partial charge in [-0.2, -0.15) is 0 Å². The number of allylic oxidation sites excluding steroid dienone is 1. The molecule has 0 spiro atoms. The Labute approximate surface area is 83.5 Å². The van der Waals surface area contributed by atoms with Gasteiger partial charge >= 0.3 is 0 Å². The second-order valence-corrected chi connectivity index (χ2v) is 3.14. The first kappa shape index (κ1) is 9.74. The highest BCUT2D eigenvalue weighted by Gasteiger charge is 1.92. The molecule has 0 aromatic heterocycles. The van der Waals surface area contributed by atoms with Crippen LogP contribution in [0.15, 0.2) is 36.5 Å². The molecule has 13 heavy (non-hydrogen) atoms. The van der Waals surface area contributed by atoms with Gasteiger partial charge in [-0.25, -0.2) is 0 Å². The Morgan fingerprint density at radius 3 is 2.54 bits per heavy atom. The van der Waals surface area contributed by atoms with Crippen molar-refractivity contribution in [2.45, 2.75) is 6.92 Å². The van der Waals surface area contributed by atoms with Crippen LogP contribution in [-0.4, -0.2) is 5.11 Å². The van der Waals surface area contributed by atoms with Gasteiger partial charge in [0.05, 0.1) is 0 Å². The number of thiocarbonyl (C=S) groups is 1. The Kier molecular flexibility index (Phi) is 3.46. The van der Waals surface area contributed by atoms with Crippen LogP contribution in [0.5, 0.6) is 0 Å². The van der Waals surface area contributed by atoms with Crippen LogP contribution in [0.4, 0.5) is 0 Å². The summed E-state index contributed by atoms with van der Waals surface area (Å²) in [5.41, 5.74) is 7.56. The average Bonchev–Trinajstić information content (AvgIpc) is 2.15. The zero-order valence-corrected chi connectivity index (χ0v) is 8.27. The molecule has 0 amide bonds. The molecule has 0 aliphatic heterocycles. The number of nitrogens with two attached hydrogens (primary N) is 1. The molecule has 0 unspecified atom stereocenters. The number of hydrogen-bond acceptors (Lipinski definition) is 1. The first-order chi connectivity index (χ1) is 6.20. The molecule has 2 nitrogen and oxygen atoms in total. The molecule has 0 aliphatic carbocycles. The maximum absolute atomic E-state index is 5.29. The van der Waals surface area contributed by atoms with Gasteiger partial charge in [-0.1, -0.05) is 30.3 Å². The molecule has 0 radical (unpaired) electrons. The Morgan fingerprint density at radius 1 is 1.38 bits per heavy atom. The molecular formula is C10H12N2S. The number of benzene rings is 1.